The van der Waals surface area contributed by atoms with Gasteiger partial charge in [0.2, 0.25) is 10.3 Å². The van der Waals surface area contributed by atoms with Gasteiger partial charge in [-0.25, -0.2) is 0 Å². The fourth-order valence-electron chi connectivity index (χ4n) is 1.34. The van der Waals surface area contributed by atoms with Gasteiger partial charge in [0.25, 0.3) is 0 Å². The van der Waals surface area contributed by atoms with Crippen molar-refractivity contribution in [1.82, 2.24) is 0 Å². The molecule has 0 spiro atoms. The maximum absolute atomic E-state index is 11.4. The minimum atomic E-state index is -2.39. The van der Waals surface area contributed by atoms with E-state index in [9.17, 15) is 18.0 Å². The SMILES string of the molecule is COc1ccc(C=S(=O)=O)cc1OC(=O)CCC(=O)O. The van der Waals surface area contributed by atoms with Crippen molar-refractivity contribution in [3.63, 3.8) is 0 Å². The number of ether oxygens (including phenoxy) is 2. The van der Waals surface area contributed by atoms with Crippen LogP contribution in [0.25, 0.3) is 0 Å². The Labute approximate surface area is 116 Å². The molecule has 0 saturated heterocycles. The van der Waals surface area contributed by atoms with E-state index >= 15 is 0 Å². The highest BCUT2D eigenvalue weighted by Crippen LogP contribution is 2.28. The van der Waals surface area contributed by atoms with Crippen molar-refractivity contribution in [1.29, 1.82) is 0 Å². The maximum atomic E-state index is 11.4. The number of benzene rings is 1. The van der Waals surface area contributed by atoms with E-state index in [0.29, 0.717) is 5.56 Å². The Kier molecular flexibility index (Phi) is 5.73. The van der Waals surface area contributed by atoms with Crippen LogP contribution in [0.3, 0.4) is 0 Å². The maximum Gasteiger partial charge on any atom is 0.311 e. The molecule has 108 valence electrons. The lowest BCUT2D eigenvalue weighted by Crippen LogP contribution is -2.11. The van der Waals surface area contributed by atoms with Gasteiger partial charge in [-0.2, -0.15) is 8.42 Å². The molecule has 0 aromatic heterocycles. The number of carbonyl (C=O) groups is 2. The van der Waals surface area contributed by atoms with Gasteiger partial charge in [0.15, 0.2) is 11.5 Å². The quantitative estimate of drug-likeness (QED) is 0.463. The van der Waals surface area contributed by atoms with Crippen LogP contribution >= 0.6 is 0 Å². The van der Waals surface area contributed by atoms with E-state index in [1.54, 1.807) is 0 Å². The fourth-order valence-corrected chi connectivity index (χ4v) is 1.71. The van der Waals surface area contributed by atoms with E-state index in [4.69, 9.17) is 14.6 Å². The predicted octanol–water partition coefficient (Wildman–Crippen LogP) is 0.495. The average molecular weight is 300 g/mol. The van der Waals surface area contributed by atoms with Gasteiger partial charge in [-0.15, -0.1) is 0 Å². The van der Waals surface area contributed by atoms with Gasteiger partial charge in [0, 0.05) is 0 Å². The van der Waals surface area contributed by atoms with Gasteiger partial charge in [-0.05, 0) is 17.7 Å². The number of carboxylic acids is 1. The molecule has 0 saturated carbocycles. The molecule has 0 atom stereocenters. The van der Waals surface area contributed by atoms with Crippen LogP contribution in [0.2, 0.25) is 0 Å². The third kappa shape index (κ3) is 5.11. The highest BCUT2D eigenvalue weighted by molar-refractivity contribution is 7.71. The predicted molar refractivity (Wildman–Crippen MR) is 69.6 cm³/mol. The fraction of sp³-hybridized carbons (Fsp3) is 0.250. The molecule has 1 aromatic carbocycles. The molecule has 0 radical (unpaired) electrons. The molecule has 0 aliphatic rings. The molecule has 0 amide bonds. The normalized spacial score (nSPS) is 9.65. The van der Waals surface area contributed by atoms with Crippen LogP contribution in [-0.4, -0.2) is 37.9 Å². The number of methoxy groups -OCH3 is 1. The first-order chi connectivity index (χ1) is 9.42. The number of rotatable bonds is 6. The number of hydrogen-bond acceptors (Lipinski definition) is 6. The van der Waals surface area contributed by atoms with Gasteiger partial charge < -0.3 is 14.6 Å². The number of carboxylic acid groups (broad SMARTS) is 1. The van der Waals surface area contributed by atoms with Crippen LogP contribution in [0.4, 0.5) is 0 Å². The minimum Gasteiger partial charge on any atom is -0.493 e. The summed E-state index contributed by atoms with van der Waals surface area (Å²) < 4.78 is 31.1. The summed E-state index contributed by atoms with van der Waals surface area (Å²) in [6.07, 6.45) is -0.641. The summed E-state index contributed by atoms with van der Waals surface area (Å²) in [5, 5.41) is 9.40. The molecule has 0 unspecified atom stereocenters. The zero-order valence-corrected chi connectivity index (χ0v) is 11.3. The molecule has 1 rings (SSSR count). The standard InChI is InChI=1S/C12H12O7S/c1-18-9-3-2-8(7-20(16)17)6-10(9)19-12(15)5-4-11(13)14/h2-3,6-7H,4-5H2,1H3,(H,13,14). The van der Waals surface area contributed by atoms with Gasteiger partial charge in [-0.1, -0.05) is 6.07 Å². The van der Waals surface area contributed by atoms with Crippen molar-refractivity contribution >= 4 is 27.6 Å². The van der Waals surface area contributed by atoms with Gasteiger partial charge >= 0.3 is 11.9 Å². The molecule has 8 heteroatoms. The Bertz CT molecular complexity index is 638. The molecule has 1 aromatic rings. The van der Waals surface area contributed by atoms with Crippen LogP contribution in [0, 0.1) is 0 Å². The highest BCUT2D eigenvalue weighted by Gasteiger charge is 2.12. The number of esters is 1. The van der Waals surface area contributed by atoms with Crippen molar-refractivity contribution in [3.8, 4) is 11.5 Å². The van der Waals surface area contributed by atoms with E-state index in [-0.39, 0.29) is 24.3 Å². The van der Waals surface area contributed by atoms with Crippen molar-refractivity contribution in [2.45, 2.75) is 12.8 Å². The molecule has 1 N–H and O–H groups in total. The van der Waals surface area contributed by atoms with Gasteiger partial charge in [0.1, 0.15) is 0 Å². The van der Waals surface area contributed by atoms with E-state index < -0.39 is 22.2 Å². The first-order valence-corrected chi connectivity index (χ1v) is 6.59. The second-order valence-electron chi connectivity index (χ2n) is 3.66. The number of hydrogen-bond donors (Lipinski definition) is 1. The topological polar surface area (TPSA) is 107 Å². The van der Waals surface area contributed by atoms with Crippen LogP contribution in [0.5, 0.6) is 11.5 Å². The highest BCUT2D eigenvalue weighted by atomic mass is 32.2. The van der Waals surface area contributed by atoms with E-state index in [0.717, 1.165) is 5.37 Å². The van der Waals surface area contributed by atoms with Crippen LogP contribution < -0.4 is 9.47 Å². The number of aliphatic carboxylic acids is 1. The monoisotopic (exact) mass is 300 g/mol. The summed E-state index contributed by atoms with van der Waals surface area (Å²) in [7, 11) is -1.03. The van der Waals surface area contributed by atoms with Crippen LogP contribution in [-0.2, 0) is 19.9 Å². The summed E-state index contributed by atoms with van der Waals surface area (Å²) >= 11 is 0. The lowest BCUT2D eigenvalue weighted by atomic mass is 10.2. The smallest absolute Gasteiger partial charge is 0.311 e. The Balaban J connectivity index is 2.94. The molecule has 20 heavy (non-hydrogen) atoms. The largest absolute Gasteiger partial charge is 0.493 e. The molecule has 0 aliphatic heterocycles. The van der Waals surface area contributed by atoms with Crippen molar-refractivity contribution < 1.29 is 32.6 Å². The molecule has 0 fully saturated rings. The Morgan fingerprint density at radius 2 is 1.95 bits per heavy atom. The van der Waals surface area contributed by atoms with E-state index in [1.165, 1.54) is 25.3 Å². The van der Waals surface area contributed by atoms with Crippen LogP contribution in [0.15, 0.2) is 18.2 Å². The van der Waals surface area contributed by atoms with Crippen molar-refractivity contribution in [2.75, 3.05) is 7.11 Å². The third-order valence-corrected chi connectivity index (χ3v) is 2.65. The summed E-state index contributed by atoms with van der Waals surface area (Å²) in [5.41, 5.74) is 0.306. The average Bonchev–Trinajstić information content (AvgIpc) is 2.36. The van der Waals surface area contributed by atoms with Crippen molar-refractivity contribution in [3.05, 3.63) is 23.8 Å². The number of carbonyl (C=O) groups excluding carboxylic acids is 1. The second-order valence-corrected chi connectivity index (χ2v) is 4.41. The summed E-state index contributed by atoms with van der Waals surface area (Å²) in [4.78, 5) is 21.8. The summed E-state index contributed by atoms with van der Waals surface area (Å²) in [5.74, 6) is -1.59. The molecular weight excluding hydrogens is 288 g/mol. The third-order valence-electron chi connectivity index (χ3n) is 2.19. The lowest BCUT2D eigenvalue weighted by Gasteiger charge is -2.09. The minimum absolute atomic E-state index is 0.0297. The molecule has 0 bridgehead atoms. The second kappa shape index (κ2) is 7.29. The van der Waals surface area contributed by atoms with E-state index in [2.05, 4.69) is 0 Å². The summed E-state index contributed by atoms with van der Waals surface area (Å²) in [6.45, 7) is 0. The zero-order valence-electron chi connectivity index (χ0n) is 10.5. The summed E-state index contributed by atoms with van der Waals surface area (Å²) in [6, 6.07) is 4.23. The van der Waals surface area contributed by atoms with Gasteiger partial charge in [0.05, 0.1) is 25.3 Å². The van der Waals surface area contributed by atoms with Crippen molar-refractivity contribution in [2.24, 2.45) is 0 Å². The first-order valence-electron chi connectivity index (χ1n) is 5.46. The lowest BCUT2D eigenvalue weighted by molar-refractivity contribution is -0.142. The zero-order chi connectivity index (χ0) is 15.1. The molecule has 7 nitrogen and oxygen atoms in total. The Morgan fingerprint density at radius 1 is 1.25 bits per heavy atom. The molecular formula is C12H12O7S. The van der Waals surface area contributed by atoms with Crippen LogP contribution in [0.1, 0.15) is 18.4 Å². The first kappa shape index (κ1) is 15.7. The molecule has 0 aliphatic carbocycles. The Morgan fingerprint density at radius 3 is 2.50 bits per heavy atom. The molecule has 0 heterocycles. The van der Waals surface area contributed by atoms with E-state index in [1.807, 2.05) is 0 Å². The van der Waals surface area contributed by atoms with Gasteiger partial charge in [-0.3, -0.25) is 9.59 Å². The Hall–Kier alpha value is -2.35.